The van der Waals surface area contributed by atoms with Crippen molar-refractivity contribution in [1.29, 1.82) is 0 Å². The number of hydrogen-bond donors (Lipinski definition) is 3. The largest absolute Gasteiger partial charge is 0.396 e. The van der Waals surface area contributed by atoms with Crippen LogP contribution in [0.4, 0.5) is 4.39 Å². The van der Waals surface area contributed by atoms with Crippen LogP contribution in [0.2, 0.25) is 0 Å². The van der Waals surface area contributed by atoms with Gasteiger partial charge >= 0.3 is 0 Å². The minimum absolute atomic E-state index is 0.0354. The molecule has 0 radical (unpaired) electrons. The van der Waals surface area contributed by atoms with Gasteiger partial charge in [-0.1, -0.05) is 13.3 Å². The Morgan fingerprint density at radius 1 is 1.38 bits per heavy atom. The van der Waals surface area contributed by atoms with Gasteiger partial charge < -0.3 is 15.4 Å². The number of amides is 1. The Bertz CT molecular complexity index is 780. The van der Waals surface area contributed by atoms with Crippen LogP contribution in [0.1, 0.15) is 42.1 Å². The third-order valence-corrected chi connectivity index (χ3v) is 4.18. The normalized spacial score (nSPS) is 12.3. The highest BCUT2D eigenvalue weighted by atomic mass is 19.1. The molecule has 6 heteroatoms. The number of hydrogen-bond acceptors (Lipinski definition) is 3. The van der Waals surface area contributed by atoms with E-state index in [9.17, 15) is 14.0 Å². The number of aromatic nitrogens is 1. The second-order valence-electron chi connectivity index (χ2n) is 6.05. The lowest BCUT2D eigenvalue weighted by atomic mass is 10.00. The zero-order valence-electron chi connectivity index (χ0n) is 14.0. The minimum Gasteiger partial charge on any atom is -0.396 e. The van der Waals surface area contributed by atoms with Gasteiger partial charge in [-0.15, -0.1) is 0 Å². The molecule has 2 aromatic rings. The van der Waals surface area contributed by atoms with Gasteiger partial charge in [-0.3, -0.25) is 9.59 Å². The summed E-state index contributed by atoms with van der Waals surface area (Å²) >= 11 is 0. The summed E-state index contributed by atoms with van der Waals surface area (Å²) in [4.78, 5) is 27.7. The molecule has 0 spiro atoms. The van der Waals surface area contributed by atoms with E-state index in [1.54, 1.807) is 6.92 Å². The summed E-state index contributed by atoms with van der Waals surface area (Å²) in [6.07, 6.45) is 3.81. The highest BCUT2D eigenvalue weighted by molar-refractivity contribution is 5.97. The smallest absolute Gasteiger partial charge is 0.256 e. The number of nitrogens with one attached hydrogen (secondary N) is 2. The van der Waals surface area contributed by atoms with Crippen molar-refractivity contribution in [2.45, 2.75) is 33.1 Å². The fourth-order valence-electron chi connectivity index (χ4n) is 2.91. The molecule has 0 aliphatic rings. The highest BCUT2D eigenvalue weighted by Gasteiger charge is 2.16. The molecule has 130 valence electrons. The topological polar surface area (TPSA) is 82.2 Å². The average molecular weight is 334 g/mol. The van der Waals surface area contributed by atoms with E-state index in [4.69, 9.17) is 5.11 Å². The first-order chi connectivity index (χ1) is 11.5. The van der Waals surface area contributed by atoms with Gasteiger partial charge in [0.15, 0.2) is 0 Å². The Labute approximate surface area is 139 Å². The van der Waals surface area contributed by atoms with Crippen LogP contribution in [0.5, 0.6) is 0 Å². The molecule has 0 aliphatic heterocycles. The Morgan fingerprint density at radius 3 is 2.79 bits per heavy atom. The first kappa shape index (κ1) is 18.1. The first-order valence-electron chi connectivity index (χ1n) is 8.18. The molecule has 1 aromatic carbocycles. The molecule has 1 amide bonds. The van der Waals surface area contributed by atoms with E-state index in [2.05, 4.69) is 10.3 Å². The molecule has 2 rings (SSSR count). The Morgan fingerprint density at radius 2 is 2.12 bits per heavy atom. The molecule has 5 nitrogen and oxygen atoms in total. The van der Waals surface area contributed by atoms with Gasteiger partial charge in [0.2, 0.25) is 5.43 Å². The van der Waals surface area contributed by atoms with Gasteiger partial charge in [0, 0.05) is 24.7 Å². The van der Waals surface area contributed by atoms with E-state index in [1.807, 2.05) is 6.92 Å². The monoisotopic (exact) mass is 334 g/mol. The number of carbonyl (C=O) groups excluding carboxylic acids is 1. The summed E-state index contributed by atoms with van der Waals surface area (Å²) in [6.45, 7) is 4.20. The minimum atomic E-state index is -0.506. The third kappa shape index (κ3) is 4.00. The lowest BCUT2D eigenvalue weighted by Crippen LogP contribution is -2.33. The number of fused-ring (bicyclic) bond motifs is 1. The van der Waals surface area contributed by atoms with Gasteiger partial charge in [-0.25, -0.2) is 4.39 Å². The number of aliphatic hydroxyl groups is 1. The summed E-state index contributed by atoms with van der Waals surface area (Å²) < 4.78 is 13.6. The number of aromatic amines is 1. The number of halogens is 1. The third-order valence-electron chi connectivity index (χ3n) is 4.18. The van der Waals surface area contributed by atoms with Crippen LogP contribution in [-0.4, -0.2) is 29.1 Å². The summed E-state index contributed by atoms with van der Waals surface area (Å²) in [5.41, 5.74) is 0.618. The molecule has 0 saturated heterocycles. The SMILES string of the molecule is CCCC(CCO)CNC(=O)c1c[nH]c2c(C)cc(F)cc2c1=O. The predicted octanol–water partition coefficient (Wildman–Crippen LogP) is 2.50. The standard InChI is InChI=1S/C18H23FN2O3/c1-3-4-12(5-6-22)9-21-18(24)15-10-20-16-11(2)7-13(19)8-14(16)17(15)23/h7-8,10,12,22H,3-6,9H2,1-2H3,(H,20,23)(H,21,24). The fraction of sp³-hybridized carbons (Fsp3) is 0.444. The number of rotatable bonds is 7. The lowest BCUT2D eigenvalue weighted by Gasteiger charge is -2.15. The summed E-state index contributed by atoms with van der Waals surface area (Å²) in [5, 5.41) is 12.0. The van der Waals surface area contributed by atoms with Crippen molar-refractivity contribution < 1.29 is 14.3 Å². The zero-order valence-corrected chi connectivity index (χ0v) is 14.0. The molecule has 0 fully saturated rings. The van der Waals surface area contributed by atoms with Gasteiger partial charge in [0.1, 0.15) is 11.4 Å². The van der Waals surface area contributed by atoms with Gasteiger partial charge in [0.25, 0.3) is 5.91 Å². The number of aryl methyl sites for hydroxylation is 1. The molecule has 0 aliphatic carbocycles. The van der Waals surface area contributed by atoms with Crippen molar-refractivity contribution in [3.63, 3.8) is 0 Å². The molecule has 3 N–H and O–H groups in total. The molecule has 1 heterocycles. The summed E-state index contributed by atoms with van der Waals surface area (Å²) in [6, 6.07) is 2.48. The van der Waals surface area contributed by atoms with Crippen LogP contribution in [0.3, 0.4) is 0 Å². The van der Waals surface area contributed by atoms with E-state index in [-0.39, 0.29) is 23.5 Å². The molecule has 0 bridgehead atoms. The summed E-state index contributed by atoms with van der Waals surface area (Å²) in [7, 11) is 0. The molecule has 24 heavy (non-hydrogen) atoms. The zero-order chi connectivity index (χ0) is 17.7. The van der Waals surface area contributed by atoms with Gasteiger partial charge in [-0.05, 0) is 43.4 Å². The molecule has 1 aromatic heterocycles. The maximum absolute atomic E-state index is 13.6. The van der Waals surface area contributed by atoms with Crippen LogP contribution < -0.4 is 10.7 Å². The van der Waals surface area contributed by atoms with Crippen LogP contribution in [0.25, 0.3) is 10.9 Å². The van der Waals surface area contributed by atoms with Crippen LogP contribution >= 0.6 is 0 Å². The number of benzene rings is 1. The number of aliphatic hydroxyl groups excluding tert-OH is 1. The Balaban J connectivity index is 2.24. The van der Waals surface area contributed by atoms with Crippen LogP contribution in [0, 0.1) is 18.7 Å². The van der Waals surface area contributed by atoms with Gasteiger partial charge in [0.05, 0.1) is 5.52 Å². The molecular formula is C18H23FN2O3. The fourth-order valence-corrected chi connectivity index (χ4v) is 2.91. The summed E-state index contributed by atoms with van der Waals surface area (Å²) in [5.74, 6) is -0.823. The Hall–Kier alpha value is -2.21. The van der Waals surface area contributed by atoms with Crippen molar-refractivity contribution in [3.05, 3.63) is 45.5 Å². The second kappa shape index (κ2) is 8.06. The molecule has 1 unspecified atom stereocenters. The molecule has 1 atom stereocenters. The van der Waals surface area contributed by atoms with Crippen molar-refractivity contribution in [2.24, 2.45) is 5.92 Å². The quantitative estimate of drug-likeness (QED) is 0.727. The maximum atomic E-state index is 13.6. The van der Waals surface area contributed by atoms with Crippen molar-refractivity contribution in [1.82, 2.24) is 10.3 Å². The lowest BCUT2D eigenvalue weighted by molar-refractivity contribution is 0.0941. The second-order valence-corrected chi connectivity index (χ2v) is 6.05. The van der Waals surface area contributed by atoms with E-state index in [0.717, 1.165) is 18.9 Å². The first-order valence-corrected chi connectivity index (χ1v) is 8.18. The highest BCUT2D eigenvalue weighted by Crippen LogP contribution is 2.15. The molecule has 0 saturated carbocycles. The Kier molecular flexibility index (Phi) is 6.09. The van der Waals surface area contributed by atoms with E-state index in [0.29, 0.717) is 24.0 Å². The maximum Gasteiger partial charge on any atom is 0.256 e. The van der Waals surface area contributed by atoms with Crippen LogP contribution in [-0.2, 0) is 0 Å². The van der Waals surface area contributed by atoms with E-state index >= 15 is 0 Å². The van der Waals surface area contributed by atoms with Crippen LogP contribution in [0.15, 0.2) is 23.1 Å². The van der Waals surface area contributed by atoms with E-state index < -0.39 is 17.2 Å². The molecular weight excluding hydrogens is 311 g/mol. The number of carbonyl (C=O) groups is 1. The number of H-pyrrole nitrogens is 1. The van der Waals surface area contributed by atoms with E-state index in [1.165, 1.54) is 12.3 Å². The van der Waals surface area contributed by atoms with Gasteiger partial charge in [-0.2, -0.15) is 0 Å². The average Bonchev–Trinajstić information content (AvgIpc) is 2.53. The van der Waals surface area contributed by atoms with Crippen molar-refractivity contribution in [3.8, 4) is 0 Å². The number of pyridine rings is 1. The van der Waals surface area contributed by atoms with Crippen molar-refractivity contribution in [2.75, 3.05) is 13.2 Å². The predicted molar refractivity (Wildman–Crippen MR) is 91.7 cm³/mol. The van der Waals surface area contributed by atoms with Crippen molar-refractivity contribution >= 4 is 16.8 Å².